The zero-order valence-electron chi connectivity index (χ0n) is 16.4. The number of benzene rings is 1. The first-order chi connectivity index (χ1) is 13.4. The van der Waals surface area contributed by atoms with Crippen molar-refractivity contribution in [2.75, 3.05) is 13.1 Å². The van der Waals surface area contributed by atoms with E-state index in [-0.39, 0.29) is 12.4 Å². The van der Waals surface area contributed by atoms with Gasteiger partial charge in [0.2, 0.25) is 0 Å². The number of hydrogen-bond acceptors (Lipinski definition) is 4. The fraction of sp³-hybridized carbons (Fsp3) is 0.333. The van der Waals surface area contributed by atoms with Crippen LogP contribution in [0.15, 0.2) is 29.1 Å². The Morgan fingerprint density at radius 1 is 1.21 bits per heavy atom. The van der Waals surface area contributed by atoms with E-state index < -0.39 is 22.8 Å². The van der Waals surface area contributed by atoms with Crippen LogP contribution in [0.4, 0.5) is 0 Å². The van der Waals surface area contributed by atoms with Gasteiger partial charge in [0.15, 0.2) is 5.56 Å². The molecular formula is C21H24ClN3O4. The van der Waals surface area contributed by atoms with Crippen molar-refractivity contribution in [1.29, 1.82) is 0 Å². The first-order valence-electron chi connectivity index (χ1n) is 9.37. The Hall–Kier alpha value is -2.77. The van der Waals surface area contributed by atoms with Crippen molar-refractivity contribution >= 4 is 29.3 Å². The molecule has 1 aliphatic rings. The number of halogens is 1. The molecule has 1 saturated heterocycles. The normalized spacial score (nSPS) is 14.3. The largest absolute Gasteiger partial charge is 0.506 e. The van der Waals surface area contributed by atoms with E-state index >= 15 is 0 Å². The third-order valence-corrected chi connectivity index (χ3v) is 5.66. The fourth-order valence-corrected chi connectivity index (χ4v) is 4.05. The lowest BCUT2D eigenvalue weighted by Crippen LogP contribution is -2.19. The van der Waals surface area contributed by atoms with Crippen molar-refractivity contribution in [1.82, 2.24) is 14.5 Å². The molecule has 0 spiro atoms. The van der Waals surface area contributed by atoms with Crippen LogP contribution in [0.2, 0.25) is 0 Å². The Bertz CT molecular complexity index is 1140. The van der Waals surface area contributed by atoms with E-state index in [2.05, 4.69) is 20.5 Å². The summed E-state index contributed by atoms with van der Waals surface area (Å²) in [6.07, 6.45) is 2.49. The number of pyridine rings is 1. The number of aromatic carboxylic acids is 1. The van der Waals surface area contributed by atoms with Gasteiger partial charge in [0.05, 0.1) is 5.69 Å². The van der Waals surface area contributed by atoms with Crippen LogP contribution in [0.3, 0.4) is 0 Å². The van der Waals surface area contributed by atoms with Gasteiger partial charge < -0.3 is 19.8 Å². The number of carboxylic acid groups (broad SMARTS) is 1. The molecule has 7 nitrogen and oxygen atoms in total. The lowest BCUT2D eigenvalue weighted by molar-refractivity contribution is 0.0691. The Kier molecular flexibility index (Phi) is 5.73. The number of aromatic hydroxyl groups is 1. The predicted molar refractivity (Wildman–Crippen MR) is 114 cm³/mol. The van der Waals surface area contributed by atoms with E-state index in [0.29, 0.717) is 11.3 Å². The quantitative estimate of drug-likeness (QED) is 0.605. The maximum atomic E-state index is 12.1. The second kappa shape index (κ2) is 7.93. The molecule has 0 amide bonds. The number of nitrogens with one attached hydrogen (secondary N) is 1. The van der Waals surface area contributed by atoms with Crippen LogP contribution in [-0.4, -0.2) is 43.7 Å². The third-order valence-electron chi connectivity index (χ3n) is 5.66. The molecule has 2 aromatic heterocycles. The van der Waals surface area contributed by atoms with Crippen LogP contribution in [0.5, 0.6) is 5.75 Å². The number of aromatic amines is 1. The molecule has 0 radical (unpaired) electrons. The van der Waals surface area contributed by atoms with Crippen molar-refractivity contribution in [3.05, 3.63) is 51.4 Å². The first kappa shape index (κ1) is 21.0. The number of likely N-dealkylation sites (tertiary alicyclic amines) is 1. The summed E-state index contributed by atoms with van der Waals surface area (Å²) in [6.45, 7) is 4.76. The number of aryl methyl sites for hydroxylation is 1. The minimum atomic E-state index is -1.45. The molecule has 0 atom stereocenters. The van der Waals surface area contributed by atoms with Crippen LogP contribution in [0, 0.1) is 6.92 Å². The van der Waals surface area contributed by atoms with Gasteiger partial charge in [-0.1, -0.05) is 6.07 Å². The summed E-state index contributed by atoms with van der Waals surface area (Å²) < 4.78 is 2.18. The standard InChI is InChI=1S/C21H23N3O4.ClH/c1-12-18(22-20(26)17(19(12)25)21(27)28)13-5-6-16-14(9-13)10-15(23(16)2)11-24-7-3-4-8-24;/h5-6,9-10H,3-4,7-8,11H2,1-2H3,(H,27,28)(H2,22,25,26);1H. The van der Waals surface area contributed by atoms with Gasteiger partial charge in [-0.2, -0.15) is 0 Å². The number of nitrogens with zero attached hydrogens (tertiary/aromatic N) is 2. The highest BCUT2D eigenvalue weighted by molar-refractivity contribution is 5.92. The van der Waals surface area contributed by atoms with Crippen molar-refractivity contribution in [2.45, 2.75) is 26.3 Å². The molecule has 0 aliphatic carbocycles. The number of carboxylic acids is 1. The van der Waals surface area contributed by atoms with Gasteiger partial charge in [-0.05, 0) is 56.6 Å². The van der Waals surface area contributed by atoms with Gasteiger partial charge in [0.1, 0.15) is 5.75 Å². The lowest BCUT2D eigenvalue weighted by atomic mass is 10.0. The molecule has 0 bridgehead atoms. The predicted octanol–water partition coefficient (Wildman–Crippen LogP) is 3.26. The monoisotopic (exact) mass is 417 g/mol. The highest BCUT2D eigenvalue weighted by Gasteiger charge is 2.21. The minimum Gasteiger partial charge on any atom is -0.506 e. The van der Waals surface area contributed by atoms with E-state index in [1.165, 1.54) is 18.5 Å². The number of hydrogen-bond donors (Lipinski definition) is 3. The molecule has 0 unspecified atom stereocenters. The maximum Gasteiger partial charge on any atom is 0.345 e. The summed E-state index contributed by atoms with van der Waals surface area (Å²) in [4.78, 5) is 28.4. The number of carbonyl (C=O) groups is 1. The van der Waals surface area contributed by atoms with E-state index in [1.54, 1.807) is 6.92 Å². The summed E-state index contributed by atoms with van der Waals surface area (Å²) in [7, 11) is 2.05. The Balaban J connectivity index is 0.00000240. The van der Waals surface area contributed by atoms with Gasteiger partial charge in [-0.15, -0.1) is 12.4 Å². The second-order valence-corrected chi connectivity index (χ2v) is 7.43. The van der Waals surface area contributed by atoms with Crippen LogP contribution in [-0.2, 0) is 13.6 Å². The van der Waals surface area contributed by atoms with Gasteiger partial charge in [0, 0.05) is 35.8 Å². The molecule has 8 heteroatoms. The fourth-order valence-electron chi connectivity index (χ4n) is 4.05. The average molecular weight is 418 g/mol. The highest BCUT2D eigenvalue weighted by atomic mass is 35.5. The van der Waals surface area contributed by atoms with E-state index in [9.17, 15) is 14.7 Å². The zero-order valence-corrected chi connectivity index (χ0v) is 17.2. The SMILES string of the molecule is Cc1c(-c2ccc3c(c2)cc(CN2CCCC2)n3C)[nH]c(=O)c(C(=O)O)c1O.Cl. The molecule has 1 fully saturated rings. The van der Waals surface area contributed by atoms with Crippen LogP contribution in [0.1, 0.15) is 34.5 Å². The first-order valence-corrected chi connectivity index (χ1v) is 9.37. The number of aromatic nitrogens is 2. The van der Waals surface area contributed by atoms with E-state index in [0.717, 1.165) is 36.1 Å². The van der Waals surface area contributed by atoms with Gasteiger partial charge >= 0.3 is 5.97 Å². The molecule has 1 aliphatic heterocycles. The van der Waals surface area contributed by atoms with Crippen LogP contribution >= 0.6 is 12.4 Å². The summed E-state index contributed by atoms with van der Waals surface area (Å²) in [5, 5.41) is 20.4. The number of rotatable bonds is 4. The summed E-state index contributed by atoms with van der Waals surface area (Å²) in [5.74, 6) is -1.94. The van der Waals surface area contributed by atoms with Crippen molar-refractivity contribution in [2.24, 2.45) is 7.05 Å². The Morgan fingerprint density at radius 3 is 2.55 bits per heavy atom. The van der Waals surface area contributed by atoms with Crippen molar-refractivity contribution in [3.8, 4) is 17.0 Å². The molecule has 4 rings (SSSR count). The summed E-state index contributed by atoms with van der Waals surface area (Å²) >= 11 is 0. The topological polar surface area (TPSA) is 98.6 Å². The molecule has 29 heavy (non-hydrogen) atoms. The second-order valence-electron chi connectivity index (χ2n) is 7.43. The van der Waals surface area contributed by atoms with Gasteiger partial charge in [-0.25, -0.2) is 4.79 Å². The molecule has 3 N–H and O–H groups in total. The molecule has 0 saturated carbocycles. The smallest absolute Gasteiger partial charge is 0.345 e. The van der Waals surface area contributed by atoms with Crippen molar-refractivity contribution in [3.63, 3.8) is 0 Å². The molecule has 1 aromatic carbocycles. The molecule has 3 aromatic rings. The summed E-state index contributed by atoms with van der Waals surface area (Å²) in [5.41, 5.74) is 2.37. The minimum absolute atomic E-state index is 0. The van der Waals surface area contributed by atoms with Gasteiger partial charge in [0.25, 0.3) is 5.56 Å². The average Bonchev–Trinajstić information content (AvgIpc) is 3.26. The van der Waals surface area contributed by atoms with Gasteiger partial charge in [-0.3, -0.25) is 9.69 Å². The van der Waals surface area contributed by atoms with Crippen LogP contribution in [0.25, 0.3) is 22.2 Å². The van der Waals surface area contributed by atoms with Crippen molar-refractivity contribution < 1.29 is 15.0 Å². The summed E-state index contributed by atoms with van der Waals surface area (Å²) in [6, 6.07) is 7.97. The number of fused-ring (bicyclic) bond motifs is 1. The highest BCUT2D eigenvalue weighted by Crippen LogP contribution is 2.31. The van der Waals surface area contributed by atoms with E-state index in [4.69, 9.17) is 5.11 Å². The maximum absolute atomic E-state index is 12.1. The lowest BCUT2D eigenvalue weighted by Gasteiger charge is -2.15. The van der Waals surface area contributed by atoms with E-state index in [1.807, 2.05) is 25.2 Å². The molecule has 154 valence electrons. The molecule has 3 heterocycles. The molecular weight excluding hydrogens is 394 g/mol. The third kappa shape index (κ3) is 3.63. The zero-order chi connectivity index (χ0) is 20.0. The Morgan fingerprint density at radius 2 is 1.90 bits per heavy atom. The van der Waals surface area contributed by atoms with Crippen LogP contribution < -0.4 is 5.56 Å². The Labute approximate surface area is 174 Å². The number of H-pyrrole nitrogens is 1.